The Morgan fingerprint density at radius 2 is 1.95 bits per heavy atom. The van der Waals surface area contributed by atoms with E-state index in [1.54, 1.807) is 13.8 Å². The molecular weight excluding hydrogens is 284 g/mol. The summed E-state index contributed by atoms with van der Waals surface area (Å²) >= 11 is 0. The van der Waals surface area contributed by atoms with Gasteiger partial charge in [-0.15, -0.1) is 0 Å². The molecule has 0 spiro atoms. The maximum absolute atomic E-state index is 12.2. The first-order valence-electron chi connectivity index (χ1n) is 6.14. The molecule has 0 aromatic carbocycles. The second kappa shape index (κ2) is 6.29. The number of pyridine rings is 1. The van der Waals surface area contributed by atoms with Crippen LogP contribution in [-0.4, -0.2) is 41.7 Å². The third-order valence-electron chi connectivity index (χ3n) is 3.27. The highest BCUT2D eigenvalue weighted by atomic mass is 32.2. The van der Waals surface area contributed by atoms with Crippen molar-refractivity contribution in [1.29, 1.82) is 0 Å². The Morgan fingerprint density at radius 3 is 2.30 bits per heavy atom. The third-order valence-corrected chi connectivity index (χ3v) is 4.76. The highest BCUT2D eigenvalue weighted by Gasteiger charge is 2.32. The van der Waals surface area contributed by atoms with E-state index in [9.17, 15) is 18.3 Å². The van der Waals surface area contributed by atoms with Gasteiger partial charge in [0, 0.05) is 6.20 Å². The molecule has 0 fully saturated rings. The van der Waals surface area contributed by atoms with E-state index in [2.05, 4.69) is 9.71 Å². The van der Waals surface area contributed by atoms with Gasteiger partial charge in [-0.25, -0.2) is 22.9 Å². The van der Waals surface area contributed by atoms with Crippen molar-refractivity contribution in [3.05, 3.63) is 23.9 Å². The molecule has 0 aliphatic carbocycles. The molecule has 0 radical (unpaired) electrons. The Hall–Kier alpha value is -1.51. The van der Waals surface area contributed by atoms with Crippen molar-refractivity contribution in [2.45, 2.75) is 37.3 Å². The van der Waals surface area contributed by atoms with Crippen LogP contribution in [0.5, 0.6) is 0 Å². The van der Waals surface area contributed by atoms with E-state index in [1.807, 2.05) is 0 Å². The van der Waals surface area contributed by atoms with E-state index in [4.69, 9.17) is 5.11 Å². The van der Waals surface area contributed by atoms with Crippen molar-refractivity contribution >= 4 is 16.0 Å². The lowest BCUT2D eigenvalue weighted by molar-refractivity contribution is 0.0696. The number of nitrogens with zero attached hydrogens (tertiary/aromatic N) is 1. The van der Waals surface area contributed by atoms with Crippen LogP contribution in [0.3, 0.4) is 0 Å². The fraction of sp³-hybridized carbons (Fsp3) is 0.500. The van der Waals surface area contributed by atoms with E-state index >= 15 is 0 Å². The first-order valence-corrected chi connectivity index (χ1v) is 7.62. The molecule has 112 valence electrons. The lowest BCUT2D eigenvalue weighted by Gasteiger charge is -2.29. The molecule has 0 aliphatic rings. The quantitative estimate of drug-likeness (QED) is 0.679. The number of carbonyl (C=O) groups is 1. The summed E-state index contributed by atoms with van der Waals surface area (Å²) < 4.78 is 26.8. The van der Waals surface area contributed by atoms with Crippen LogP contribution in [0.1, 0.15) is 37.0 Å². The van der Waals surface area contributed by atoms with Crippen LogP contribution in [0.25, 0.3) is 0 Å². The largest absolute Gasteiger partial charge is 0.478 e. The van der Waals surface area contributed by atoms with Gasteiger partial charge in [0.25, 0.3) is 10.0 Å². The van der Waals surface area contributed by atoms with E-state index in [-0.39, 0.29) is 17.2 Å². The van der Waals surface area contributed by atoms with Crippen molar-refractivity contribution in [1.82, 2.24) is 9.71 Å². The predicted molar refractivity (Wildman–Crippen MR) is 71.9 cm³/mol. The number of carboxylic acid groups (broad SMARTS) is 1. The molecule has 1 heterocycles. The molecule has 0 amide bonds. The van der Waals surface area contributed by atoms with Crippen LogP contribution in [0.15, 0.2) is 23.4 Å². The molecule has 1 rings (SSSR count). The molecule has 20 heavy (non-hydrogen) atoms. The Balaban J connectivity index is 3.07. The van der Waals surface area contributed by atoms with Gasteiger partial charge in [-0.3, -0.25) is 0 Å². The first-order chi connectivity index (χ1) is 9.30. The van der Waals surface area contributed by atoms with Gasteiger partial charge >= 0.3 is 5.97 Å². The summed E-state index contributed by atoms with van der Waals surface area (Å²) in [5.74, 6) is -1.18. The third kappa shape index (κ3) is 3.53. The molecule has 8 heteroatoms. The molecule has 0 saturated heterocycles. The number of nitrogens with one attached hydrogen (secondary N) is 1. The first kappa shape index (κ1) is 16.5. The number of sulfonamides is 1. The van der Waals surface area contributed by atoms with Gasteiger partial charge in [-0.2, -0.15) is 0 Å². The second-order valence-electron chi connectivity index (χ2n) is 4.44. The van der Waals surface area contributed by atoms with Crippen molar-refractivity contribution in [2.75, 3.05) is 6.61 Å². The summed E-state index contributed by atoms with van der Waals surface area (Å²) in [5.41, 5.74) is -1.03. The van der Waals surface area contributed by atoms with E-state index in [0.29, 0.717) is 12.8 Å². The summed E-state index contributed by atoms with van der Waals surface area (Å²) in [7, 11) is -3.91. The van der Waals surface area contributed by atoms with Gasteiger partial charge in [0.05, 0.1) is 17.7 Å². The van der Waals surface area contributed by atoms with Gasteiger partial charge in [-0.1, -0.05) is 13.8 Å². The number of rotatable bonds is 7. The molecule has 1 aromatic heterocycles. The minimum absolute atomic E-state index is 0.0941. The molecule has 7 nitrogen and oxygen atoms in total. The minimum Gasteiger partial charge on any atom is -0.478 e. The number of carboxylic acids is 1. The van der Waals surface area contributed by atoms with Gasteiger partial charge in [0.15, 0.2) is 5.03 Å². The average Bonchev–Trinajstić information content (AvgIpc) is 2.45. The summed E-state index contributed by atoms with van der Waals surface area (Å²) in [6.07, 6.45) is 1.83. The lowest BCUT2D eigenvalue weighted by atomic mass is 9.96. The van der Waals surface area contributed by atoms with Crippen LogP contribution < -0.4 is 4.72 Å². The highest BCUT2D eigenvalue weighted by molar-refractivity contribution is 7.89. The zero-order valence-corrected chi connectivity index (χ0v) is 12.1. The SMILES string of the molecule is CCC(CC)(CO)NS(=O)(=O)c1ccc(C(=O)O)cn1. The molecule has 1 aromatic rings. The highest BCUT2D eigenvalue weighted by Crippen LogP contribution is 2.18. The standard InChI is InChI=1S/C12H18N2O5S/c1-3-12(4-2,8-15)14-20(18,19)10-6-5-9(7-13-10)11(16)17/h5-7,14-15H,3-4,8H2,1-2H3,(H,16,17). The van der Waals surface area contributed by atoms with Crippen molar-refractivity contribution < 1.29 is 23.4 Å². The van der Waals surface area contributed by atoms with Gasteiger partial charge < -0.3 is 10.2 Å². The van der Waals surface area contributed by atoms with Crippen LogP contribution in [0.2, 0.25) is 0 Å². The molecule has 0 atom stereocenters. The predicted octanol–water partition coefficient (Wildman–Crippen LogP) is 0.609. The topological polar surface area (TPSA) is 117 Å². The molecule has 0 aliphatic heterocycles. The maximum Gasteiger partial charge on any atom is 0.337 e. The Morgan fingerprint density at radius 1 is 1.35 bits per heavy atom. The fourth-order valence-corrected chi connectivity index (χ4v) is 3.12. The number of aromatic nitrogens is 1. The summed E-state index contributed by atoms with van der Waals surface area (Å²) in [4.78, 5) is 14.3. The van der Waals surface area contributed by atoms with Gasteiger partial charge in [0.2, 0.25) is 0 Å². The van der Waals surface area contributed by atoms with E-state index in [1.165, 1.54) is 6.07 Å². The van der Waals surface area contributed by atoms with Crippen LogP contribution >= 0.6 is 0 Å². The second-order valence-corrected chi connectivity index (χ2v) is 6.07. The van der Waals surface area contributed by atoms with E-state index in [0.717, 1.165) is 12.3 Å². The monoisotopic (exact) mass is 302 g/mol. The fourth-order valence-electron chi connectivity index (χ4n) is 1.65. The molecular formula is C12H18N2O5S. The minimum atomic E-state index is -3.91. The Kier molecular flexibility index (Phi) is 5.21. The van der Waals surface area contributed by atoms with Crippen LogP contribution in [-0.2, 0) is 10.0 Å². The lowest BCUT2D eigenvalue weighted by Crippen LogP contribution is -2.50. The zero-order valence-electron chi connectivity index (χ0n) is 11.3. The molecule has 3 N–H and O–H groups in total. The number of aliphatic hydroxyl groups is 1. The summed E-state index contributed by atoms with van der Waals surface area (Å²) in [5, 5.41) is 17.8. The van der Waals surface area contributed by atoms with Crippen molar-refractivity contribution in [3.8, 4) is 0 Å². The summed E-state index contributed by atoms with van der Waals surface area (Å²) in [6, 6.07) is 2.29. The smallest absolute Gasteiger partial charge is 0.337 e. The average molecular weight is 302 g/mol. The number of hydrogen-bond donors (Lipinski definition) is 3. The van der Waals surface area contributed by atoms with E-state index < -0.39 is 21.5 Å². The number of hydrogen-bond acceptors (Lipinski definition) is 5. The molecule has 0 saturated carbocycles. The molecule has 0 unspecified atom stereocenters. The number of aliphatic hydroxyl groups excluding tert-OH is 1. The zero-order chi connectivity index (χ0) is 15.4. The van der Waals surface area contributed by atoms with Crippen LogP contribution in [0.4, 0.5) is 0 Å². The Labute approximate surface area is 117 Å². The van der Waals surface area contributed by atoms with Crippen LogP contribution in [0, 0.1) is 0 Å². The van der Waals surface area contributed by atoms with Gasteiger partial charge in [0.1, 0.15) is 0 Å². The Bertz CT molecular complexity index is 556. The summed E-state index contributed by atoms with van der Waals surface area (Å²) in [6.45, 7) is 3.21. The normalized spacial score (nSPS) is 12.3. The number of aromatic carboxylic acids is 1. The van der Waals surface area contributed by atoms with Crippen molar-refractivity contribution in [2.24, 2.45) is 0 Å². The van der Waals surface area contributed by atoms with Crippen molar-refractivity contribution in [3.63, 3.8) is 0 Å². The van der Waals surface area contributed by atoms with Gasteiger partial charge in [-0.05, 0) is 25.0 Å². The molecule has 0 bridgehead atoms. The maximum atomic E-state index is 12.2.